The van der Waals surface area contributed by atoms with E-state index in [0.29, 0.717) is 36.1 Å². The van der Waals surface area contributed by atoms with Gasteiger partial charge in [0.05, 0.1) is 51.4 Å². The third-order valence-corrected chi connectivity index (χ3v) is 5.90. The second-order valence-corrected chi connectivity index (χ2v) is 8.26. The lowest BCUT2D eigenvalue weighted by Crippen LogP contribution is -2.30. The normalized spacial score (nSPS) is 11.7. The summed E-state index contributed by atoms with van der Waals surface area (Å²) in [5.74, 6) is 3.23. The molecule has 0 aliphatic heterocycles. The Morgan fingerprint density at radius 2 is 1.56 bits per heavy atom. The molecule has 1 unspecified atom stereocenters. The molecule has 0 saturated heterocycles. The summed E-state index contributed by atoms with van der Waals surface area (Å²) in [4.78, 5) is 17.7. The van der Waals surface area contributed by atoms with Gasteiger partial charge >= 0.3 is 0 Å². The number of imidazole rings is 1. The Morgan fingerprint density at radius 3 is 2.31 bits per heavy atom. The van der Waals surface area contributed by atoms with Crippen molar-refractivity contribution in [3.8, 4) is 23.0 Å². The second-order valence-electron chi connectivity index (χ2n) is 8.26. The van der Waals surface area contributed by atoms with E-state index in [1.165, 1.54) is 0 Å². The van der Waals surface area contributed by atoms with Crippen molar-refractivity contribution in [1.29, 1.82) is 0 Å². The van der Waals surface area contributed by atoms with Crippen LogP contribution in [0, 0.1) is 0 Å². The van der Waals surface area contributed by atoms with Gasteiger partial charge in [-0.2, -0.15) is 0 Å². The third-order valence-electron chi connectivity index (χ3n) is 5.90. The zero-order valence-electron chi connectivity index (χ0n) is 21.0. The number of methoxy groups -OCH3 is 3. The molecule has 0 saturated carbocycles. The highest BCUT2D eigenvalue weighted by Crippen LogP contribution is 2.28. The van der Waals surface area contributed by atoms with E-state index in [-0.39, 0.29) is 18.4 Å². The molecule has 188 valence electrons. The number of aromatic nitrogens is 2. The van der Waals surface area contributed by atoms with Gasteiger partial charge in [0.25, 0.3) is 0 Å². The van der Waals surface area contributed by atoms with E-state index in [1.54, 1.807) is 27.4 Å². The third kappa shape index (κ3) is 5.54. The van der Waals surface area contributed by atoms with Gasteiger partial charge in [-0.15, -0.1) is 0 Å². The van der Waals surface area contributed by atoms with Crippen LogP contribution >= 0.6 is 0 Å². The van der Waals surface area contributed by atoms with Crippen molar-refractivity contribution in [2.24, 2.45) is 0 Å². The monoisotopic (exact) mass is 489 g/mol. The van der Waals surface area contributed by atoms with Gasteiger partial charge in [-0.25, -0.2) is 4.98 Å². The molecule has 1 amide bonds. The van der Waals surface area contributed by atoms with Gasteiger partial charge in [0, 0.05) is 0 Å². The molecule has 0 bridgehead atoms. The van der Waals surface area contributed by atoms with Crippen LogP contribution in [0.1, 0.15) is 24.4 Å². The molecule has 36 heavy (non-hydrogen) atoms. The Hall–Kier alpha value is -4.20. The van der Waals surface area contributed by atoms with E-state index < -0.39 is 0 Å². The molecule has 3 aromatic carbocycles. The number of ether oxygens (including phenoxy) is 4. The molecule has 1 N–H and O–H groups in total. The minimum atomic E-state index is -0.309. The summed E-state index contributed by atoms with van der Waals surface area (Å²) >= 11 is 0. The van der Waals surface area contributed by atoms with Gasteiger partial charge in [0.2, 0.25) is 5.91 Å². The highest BCUT2D eigenvalue weighted by molar-refractivity contribution is 5.80. The van der Waals surface area contributed by atoms with Crippen molar-refractivity contribution in [2.75, 3.05) is 27.9 Å². The van der Waals surface area contributed by atoms with Crippen molar-refractivity contribution in [2.45, 2.75) is 25.9 Å². The van der Waals surface area contributed by atoms with Crippen LogP contribution in [0.2, 0.25) is 0 Å². The molecular weight excluding hydrogens is 458 g/mol. The molecule has 4 rings (SSSR count). The van der Waals surface area contributed by atoms with Gasteiger partial charge in [0.15, 0.2) is 23.0 Å². The van der Waals surface area contributed by atoms with Crippen molar-refractivity contribution in [3.05, 3.63) is 78.1 Å². The Morgan fingerprint density at radius 1 is 0.889 bits per heavy atom. The number of para-hydroxylation sites is 4. The topological polar surface area (TPSA) is 83.8 Å². The summed E-state index contributed by atoms with van der Waals surface area (Å²) in [5.41, 5.74) is 2.68. The highest BCUT2D eigenvalue weighted by Gasteiger charge is 2.19. The molecule has 0 aliphatic carbocycles. The summed E-state index contributed by atoms with van der Waals surface area (Å²) in [6, 6.07) is 20.6. The average Bonchev–Trinajstić information content (AvgIpc) is 3.27. The van der Waals surface area contributed by atoms with Crippen LogP contribution in [0.3, 0.4) is 0 Å². The summed E-state index contributed by atoms with van der Waals surface area (Å²) < 4.78 is 24.1. The zero-order chi connectivity index (χ0) is 25.5. The maximum atomic E-state index is 12.9. The Kier molecular flexibility index (Phi) is 7.95. The molecular formula is C28H31N3O5. The summed E-state index contributed by atoms with van der Waals surface area (Å²) in [7, 11) is 4.78. The van der Waals surface area contributed by atoms with E-state index in [9.17, 15) is 4.79 Å². The first kappa shape index (κ1) is 24.9. The lowest BCUT2D eigenvalue weighted by atomic mass is 10.1. The lowest BCUT2D eigenvalue weighted by Gasteiger charge is -2.17. The Labute approximate surface area is 210 Å². The number of nitrogens with zero attached hydrogens (tertiary/aromatic N) is 2. The summed E-state index contributed by atoms with van der Waals surface area (Å²) in [6.07, 6.45) is 0.210. The zero-order valence-corrected chi connectivity index (χ0v) is 21.0. The first-order valence-electron chi connectivity index (χ1n) is 11.7. The number of hydrogen-bond donors (Lipinski definition) is 1. The molecule has 1 aromatic heterocycles. The number of rotatable bonds is 11. The van der Waals surface area contributed by atoms with Crippen LogP contribution in [0.5, 0.6) is 23.0 Å². The standard InChI is InChI=1S/C28H31N3O5/c1-19(29-27(32)18-20-13-14-24(34-3)26(17-20)35-4)28-30-21-9-5-6-10-22(21)31(28)15-16-36-25-12-8-7-11-23(25)33-2/h5-14,17,19H,15-16,18H2,1-4H3,(H,29,32). The molecule has 0 spiro atoms. The van der Waals surface area contributed by atoms with Crippen LogP contribution in [0.4, 0.5) is 0 Å². The number of fused-ring (bicyclic) bond motifs is 1. The SMILES string of the molecule is COc1ccc(CC(=O)NC(C)c2nc3ccccc3n2CCOc2ccccc2OC)cc1OC. The van der Waals surface area contributed by atoms with E-state index >= 15 is 0 Å². The maximum Gasteiger partial charge on any atom is 0.224 e. The molecule has 8 heteroatoms. The average molecular weight is 490 g/mol. The minimum absolute atomic E-state index is 0.112. The van der Waals surface area contributed by atoms with Crippen molar-refractivity contribution in [3.63, 3.8) is 0 Å². The molecule has 8 nitrogen and oxygen atoms in total. The maximum absolute atomic E-state index is 12.9. The molecule has 1 heterocycles. The fourth-order valence-corrected chi connectivity index (χ4v) is 4.18. The number of carbonyl (C=O) groups is 1. The first-order valence-corrected chi connectivity index (χ1v) is 11.7. The number of nitrogens with one attached hydrogen (secondary N) is 1. The van der Waals surface area contributed by atoms with Crippen LogP contribution in [0.15, 0.2) is 66.7 Å². The van der Waals surface area contributed by atoms with Crippen molar-refractivity contribution < 1.29 is 23.7 Å². The van der Waals surface area contributed by atoms with E-state index in [4.69, 9.17) is 23.9 Å². The summed E-state index contributed by atoms with van der Waals surface area (Å²) in [5, 5.41) is 3.08. The molecule has 0 aliphatic rings. The Bertz CT molecular complexity index is 1330. The smallest absolute Gasteiger partial charge is 0.224 e. The minimum Gasteiger partial charge on any atom is -0.493 e. The number of hydrogen-bond acceptors (Lipinski definition) is 6. The fraction of sp³-hybridized carbons (Fsp3) is 0.286. The molecule has 4 aromatic rings. The fourth-order valence-electron chi connectivity index (χ4n) is 4.18. The van der Waals surface area contributed by atoms with Gasteiger partial charge < -0.3 is 28.8 Å². The van der Waals surface area contributed by atoms with Gasteiger partial charge in [0.1, 0.15) is 12.4 Å². The summed E-state index contributed by atoms with van der Waals surface area (Å²) in [6.45, 7) is 2.91. The Balaban J connectivity index is 1.48. The van der Waals surface area contributed by atoms with Gasteiger partial charge in [-0.1, -0.05) is 30.3 Å². The number of amides is 1. The van der Waals surface area contributed by atoms with E-state index in [2.05, 4.69) is 9.88 Å². The van der Waals surface area contributed by atoms with Crippen molar-refractivity contribution >= 4 is 16.9 Å². The first-order chi connectivity index (χ1) is 17.5. The number of carbonyl (C=O) groups excluding carboxylic acids is 1. The number of benzene rings is 3. The second kappa shape index (κ2) is 11.5. The van der Waals surface area contributed by atoms with Crippen molar-refractivity contribution in [1.82, 2.24) is 14.9 Å². The van der Waals surface area contributed by atoms with Crippen LogP contribution in [-0.4, -0.2) is 43.4 Å². The van der Waals surface area contributed by atoms with Gasteiger partial charge in [-0.05, 0) is 48.9 Å². The van der Waals surface area contributed by atoms with Gasteiger partial charge in [-0.3, -0.25) is 4.79 Å². The highest BCUT2D eigenvalue weighted by atomic mass is 16.5. The quantitative estimate of drug-likeness (QED) is 0.333. The molecule has 0 fully saturated rings. The lowest BCUT2D eigenvalue weighted by molar-refractivity contribution is -0.121. The van der Waals surface area contributed by atoms with Crippen LogP contribution < -0.4 is 24.3 Å². The van der Waals surface area contributed by atoms with E-state index in [0.717, 1.165) is 22.4 Å². The van der Waals surface area contributed by atoms with Crippen LogP contribution in [0.25, 0.3) is 11.0 Å². The largest absolute Gasteiger partial charge is 0.493 e. The predicted octanol–water partition coefficient (Wildman–Crippen LogP) is 4.56. The van der Waals surface area contributed by atoms with Crippen LogP contribution in [-0.2, 0) is 17.8 Å². The predicted molar refractivity (Wildman–Crippen MR) is 138 cm³/mol. The molecule has 1 atom stereocenters. The van der Waals surface area contributed by atoms with E-state index in [1.807, 2.05) is 67.6 Å². The molecule has 0 radical (unpaired) electrons.